The molecule has 2 aromatic carbocycles. The van der Waals surface area contributed by atoms with Gasteiger partial charge in [0.15, 0.2) is 17.3 Å². The van der Waals surface area contributed by atoms with Gasteiger partial charge in [0, 0.05) is 24.7 Å². The largest absolute Gasteiger partial charge is 0.493 e. The molecule has 1 aromatic heterocycles. The molecule has 6 nitrogen and oxygen atoms in total. The summed E-state index contributed by atoms with van der Waals surface area (Å²) in [4.78, 5) is 4.37. The SMILES string of the molecule is COc1ccc(/C=C/c2nc(CCNc3ccccc3)no2)cc1OC. The fourth-order valence-corrected chi connectivity index (χ4v) is 2.44. The molecule has 1 N–H and O–H groups in total. The predicted octanol–water partition coefficient (Wildman–Crippen LogP) is 3.91. The Kier molecular flexibility index (Phi) is 5.88. The number of rotatable bonds is 8. The molecule has 0 saturated carbocycles. The van der Waals surface area contributed by atoms with Crippen molar-refractivity contribution in [3.05, 3.63) is 65.8 Å². The normalized spacial score (nSPS) is 10.8. The minimum atomic E-state index is 0.467. The van der Waals surface area contributed by atoms with Gasteiger partial charge in [-0.2, -0.15) is 4.98 Å². The Balaban J connectivity index is 1.57. The minimum absolute atomic E-state index is 0.467. The lowest BCUT2D eigenvalue weighted by atomic mass is 10.2. The smallest absolute Gasteiger partial charge is 0.250 e. The number of nitrogens with one attached hydrogen (secondary N) is 1. The van der Waals surface area contributed by atoms with Crippen LogP contribution in [-0.2, 0) is 6.42 Å². The molecule has 0 saturated heterocycles. The van der Waals surface area contributed by atoms with Gasteiger partial charge in [0.25, 0.3) is 5.89 Å². The molecule has 0 atom stereocenters. The van der Waals surface area contributed by atoms with E-state index in [4.69, 9.17) is 14.0 Å². The maximum atomic E-state index is 5.30. The second-order valence-corrected chi connectivity index (χ2v) is 5.54. The average Bonchev–Trinajstić information content (AvgIpc) is 3.14. The summed E-state index contributed by atoms with van der Waals surface area (Å²) in [7, 11) is 3.22. The number of ether oxygens (including phenoxy) is 2. The van der Waals surface area contributed by atoms with E-state index < -0.39 is 0 Å². The lowest BCUT2D eigenvalue weighted by molar-refractivity contribution is 0.355. The van der Waals surface area contributed by atoms with Crippen LogP contribution in [0.5, 0.6) is 11.5 Å². The first-order valence-corrected chi connectivity index (χ1v) is 8.30. The van der Waals surface area contributed by atoms with Gasteiger partial charge in [0.1, 0.15) is 0 Å². The van der Waals surface area contributed by atoms with Crippen molar-refractivity contribution in [2.45, 2.75) is 6.42 Å². The Morgan fingerprint density at radius 2 is 1.81 bits per heavy atom. The Labute approximate surface area is 152 Å². The third kappa shape index (κ3) is 4.63. The van der Waals surface area contributed by atoms with Crippen molar-refractivity contribution in [3.8, 4) is 11.5 Å². The number of hydrogen-bond acceptors (Lipinski definition) is 6. The zero-order valence-electron chi connectivity index (χ0n) is 14.8. The van der Waals surface area contributed by atoms with Crippen LogP contribution in [0.3, 0.4) is 0 Å². The van der Waals surface area contributed by atoms with E-state index in [-0.39, 0.29) is 0 Å². The van der Waals surface area contributed by atoms with Crippen molar-refractivity contribution in [2.24, 2.45) is 0 Å². The number of benzene rings is 2. The maximum absolute atomic E-state index is 5.30. The molecule has 3 aromatic rings. The zero-order valence-corrected chi connectivity index (χ0v) is 14.8. The Hall–Kier alpha value is -3.28. The summed E-state index contributed by atoms with van der Waals surface area (Å²) in [5.74, 6) is 2.50. The monoisotopic (exact) mass is 351 g/mol. The summed E-state index contributed by atoms with van der Waals surface area (Å²) in [6, 6.07) is 15.7. The summed E-state index contributed by atoms with van der Waals surface area (Å²) < 4.78 is 15.8. The van der Waals surface area contributed by atoms with Crippen LogP contribution in [0.2, 0.25) is 0 Å². The number of hydrogen-bond donors (Lipinski definition) is 1. The molecule has 26 heavy (non-hydrogen) atoms. The highest BCUT2D eigenvalue weighted by molar-refractivity contribution is 5.67. The van der Waals surface area contributed by atoms with E-state index in [9.17, 15) is 0 Å². The lowest BCUT2D eigenvalue weighted by Crippen LogP contribution is -2.05. The van der Waals surface area contributed by atoms with E-state index in [1.165, 1.54) is 0 Å². The van der Waals surface area contributed by atoms with Crippen molar-refractivity contribution >= 4 is 17.8 Å². The molecular weight excluding hydrogens is 330 g/mol. The van der Waals surface area contributed by atoms with Gasteiger partial charge in [-0.25, -0.2) is 0 Å². The van der Waals surface area contributed by atoms with Crippen LogP contribution >= 0.6 is 0 Å². The molecule has 0 radical (unpaired) electrons. The van der Waals surface area contributed by atoms with E-state index >= 15 is 0 Å². The standard InChI is InChI=1S/C20H21N3O3/c1-24-17-10-8-15(14-18(17)25-2)9-11-20-22-19(23-26-20)12-13-21-16-6-4-3-5-7-16/h3-11,14,21H,12-13H2,1-2H3/b11-9+. The molecule has 0 aliphatic carbocycles. The minimum Gasteiger partial charge on any atom is -0.493 e. The Bertz CT molecular complexity index is 860. The third-order valence-corrected chi connectivity index (χ3v) is 3.76. The van der Waals surface area contributed by atoms with Gasteiger partial charge in [-0.1, -0.05) is 29.4 Å². The molecule has 0 bridgehead atoms. The zero-order chi connectivity index (χ0) is 18.2. The first kappa shape index (κ1) is 17.5. The molecule has 0 amide bonds. The van der Waals surface area contributed by atoms with Crippen molar-refractivity contribution in [2.75, 3.05) is 26.1 Å². The molecule has 0 unspecified atom stereocenters. The predicted molar refractivity (Wildman–Crippen MR) is 101 cm³/mol. The first-order valence-electron chi connectivity index (χ1n) is 8.30. The Morgan fingerprint density at radius 1 is 1.00 bits per heavy atom. The molecular formula is C20H21N3O3. The second kappa shape index (κ2) is 8.71. The highest BCUT2D eigenvalue weighted by Crippen LogP contribution is 2.28. The van der Waals surface area contributed by atoms with E-state index in [0.717, 1.165) is 17.8 Å². The molecule has 3 rings (SSSR count). The molecule has 0 spiro atoms. The number of anilines is 1. The van der Waals surface area contributed by atoms with Gasteiger partial charge in [-0.05, 0) is 35.9 Å². The van der Waals surface area contributed by atoms with Crippen LogP contribution in [0.25, 0.3) is 12.2 Å². The first-order chi connectivity index (χ1) is 12.8. The molecule has 0 fully saturated rings. The number of para-hydroxylation sites is 1. The van der Waals surface area contributed by atoms with Crippen molar-refractivity contribution in [1.29, 1.82) is 0 Å². The molecule has 0 aliphatic rings. The lowest BCUT2D eigenvalue weighted by Gasteiger charge is -2.07. The van der Waals surface area contributed by atoms with E-state index in [2.05, 4.69) is 15.5 Å². The quantitative estimate of drug-likeness (QED) is 0.663. The van der Waals surface area contributed by atoms with E-state index in [0.29, 0.717) is 29.6 Å². The van der Waals surface area contributed by atoms with Crippen LogP contribution < -0.4 is 14.8 Å². The fourth-order valence-electron chi connectivity index (χ4n) is 2.44. The van der Waals surface area contributed by atoms with Gasteiger partial charge in [0.05, 0.1) is 14.2 Å². The third-order valence-electron chi connectivity index (χ3n) is 3.76. The molecule has 0 aliphatic heterocycles. The molecule has 1 heterocycles. The topological polar surface area (TPSA) is 69.4 Å². The van der Waals surface area contributed by atoms with Crippen molar-refractivity contribution in [1.82, 2.24) is 10.1 Å². The summed E-state index contributed by atoms with van der Waals surface area (Å²) in [6.07, 6.45) is 4.35. The van der Waals surface area contributed by atoms with Gasteiger partial charge >= 0.3 is 0 Å². The van der Waals surface area contributed by atoms with Gasteiger partial charge < -0.3 is 19.3 Å². The fraction of sp³-hybridized carbons (Fsp3) is 0.200. The number of nitrogens with zero attached hydrogens (tertiary/aromatic N) is 2. The maximum Gasteiger partial charge on any atom is 0.250 e. The second-order valence-electron chi connectivity index (χ2n) is 5.54. The summed E-state index contributed by atoms with van der Waals surface area (Å²) in [5.41, 5.74) is 2.03. The van der Waals surface area contributed by atoms with Crippen molar-refractivity contribution in [3.63, 3.8) is 0 Å². The van der Waals surface area contributed by atoms with Gasteiger partial charge in [-0.3, -0.25) is 0 Å². The van der Waals surface area contributed by atoms with Crippen molar-refractivity contribution < 1.29 is 14.0 Å². The van der Waals surface area contributed by atoms with E-state index in [1.54, 1.807) is 20.3 Å². The van der Waals surface area contributed by atoms with Gasteiger partial charge in [-0.15, -0.1) is 0 Å². The number of methoxy groups -OCH3 is 2. The average molecular weight is 351 g/mol. The molecule has 6 heteroatoms. The van der Waals surface area contributed by atoms with Gasteiger partial charge in [0.2, 0.25) is 0 Å². The summed E-state index contributed by atoms with van der Waals surface area (Å²) >= 11 is 0. The van der Waals surface area contributed by atoms with Crippen LogP contribution in [-0.4, -0.2) is 30.9 Å². The number of aromatic nitrogens is 2. The summed E-state index contributed by atoms with van der Waals surface area (Å²) in [6.45, 7) is 0.738. The Morgan fingerprint density at radius 3 is 2.58 bits per heavy atom. The summed E-state index contributed by atoms with van der Waals surface area (Å²) in [5, 5.41) is 7.32. The van der Waals surface area contributed by atoms with Crippen LogP contribution in [0.1, 0.15) is 17.3 Å². The molecule has 134 valence electrons. The highest BCUT2D eigenvalue weighted by Gasteiger charge is 2.05. The van der Waals surface area contributed by atoms with Crippen LogP contribution in [0, 0.1) is 0 Å². The highest BCUT2D eigenvalue weighted by atomic mass is 16.5. The van der Waals surface area contributed by atoms with Crippen LogP contribution in [0.15, 0.2) is 53.1 Å². The van der Waals surface area contributed by atoms with E-state index in [1.807, 2.05) is 54.6 Å². The van der Waals surface area contributed by atoms with Crippen LogP contribution in [0.4, 0.5) is 5.69 Å².